The van der Waals surface area contributed by atoms with Crippen LogP contribution in [0, 0.1) is 0 Å². The lowest BCUT2D eigenvalue weighted by Gasteiger charge is -2.09. The number of aryl methyl sites for hydroxylation is 2. The highest BCUT2D eigenvalue weighted by Crippen LogP contribution is 2.33. The zero-order valence-electron chi connectivity index (χ0n) is 14.9. The van der Waals surface area contributed by atoms with E-state index in [0.29, 0.717) is 0 Å². The van der Waals surface area contributed by atoms with Gasteiger partial charge in [0.05, 0.1) is 0 Å². The molecule has 1 heterocycles. The zero-order chi connectivity index (χ0) is 15.5. The number of unbranched alkanes of at least 4 members (excludes halogenated alkanes) is 4. The second kappa shape index (κ2) is 11.3. The van der Waals surface area contributed by atoms with Gasteiger partial charge >= 0.3 is 0 Å². The summed E-state index contributed by atoms with van der Waals surface area (Å²) in [7, 11) is 0. The second-order valence-corrected chi connectivity index (χ2v) is 7.51. The van der Waals surface area contributed by atoms with Gasteiger partial charge in [0, 0.05) is 9.75 Å². The van der Waals surface area contributed by atoms with Crippen LogP contribution in [0.1, 0.15) is 99.9 Å². The summed E-state index contributed by atoms with van der Waals surface area (Å²) in [5.41, 5.74) is 3.55. The molecule has 0 radical (unpaired) electrons. The predicted molar refractivity (Wildman–Crippen MR) is 98.8 cm³/mol. The summed E-state index contributed by atoms with van der Waals surface area (Å²) in [6.45, 7) is 9.27. The van der Waals surface area contributed by atoms with Crippen LogP contribution in [-0.4, -0.2) is 0 Å². The van der Waals surface area contributed by atoms with Crippen molar-refractivity contribution in [1.82, 2.24) is 0 Å². The summed E-state index contributed by atoms with van der Waals surface area (Å²) in [5, 5.41) is 0. The van der Waals surface area contributed by atoms with Crippen LogP contribution in [0.5, 0.6) is 0 Å². The molecule has 0 spiro atoms. The molecule has 1 aromatic rings. The topological polar surface area (TPSA) is 0 Å². The van der Waals surface area contributed by atoms with Crippen LogP contribution in [0.25, 0.3) is 0 Å². The number of hydrogen-bond donors (Lipinski definition) is 0. The van der Waals surface area contributed by atoms with Crippen LogP contribution in [-0.2, 0) is 25.7 Å². The van der Waals surface area contributed by atoms with E-state index in [-0.39, 0.29) is 0 Å². The summed E-state index contributed by atoms with van der Waals surface area (Å²) in [5.74, 6) is 0. The lowest BCUT2D eigenvalue weighted by molar-refractivity contribution is 0.735. The van der Waals surface area contributed by atoms with Gasteiger partial charge < -0.3 is 0 Å². The van der Waals surface area contributed by atoms with E-state index < -0.39 is 0 Å². The first-order valence-corrected chi connectivity index (χ1v) is 10.2. The molecule has 0 unspecified atom stereocenters. The smallest absolute Gasteiger partial charge is 0.00830 e. The highest BCUT2D eigenvalue weighted by molar-refractivity contribution is 7.12. The number of rotatable bonds is 12. The molecule has 122 valence electrons. The van der Waals surface area contributed by atoms with Crippen LogP contribution in [0.3, 0.4) is 0 Å². The van der Waals surface area contributed by atoms with Crippen LogP contribution in [0.2, 0.25) is 0 Å². The second-order valence-electron chi connectivity index (χ2n) is 6.32. The van der Waals surface area contributed by atoms with E-state index >= 15 is 0 Å². The molecule has 21 heavy (non-hydrogen) atoms. The fraction of sp³-hybridized carbons (Fsp3) is 0.800. The molecule has 0 saturated heterocycles. The predicted octanol–water partition coefficient (Wildman–Crippen LogP) is 7.12. The molecular weight excluding hydrogens is 272 g/mol. The molecule has 0 saturated carbocycles. The molecule has 0 bridgehead atoms. The first-order valence-electron chi connectivity index (χ1n) is 9.40. The zero-order valence-corrected chi connectivity index (χ0v) is 15.7. The van der Waals surface area contributed by atoms with E-state index in [0.717, 1.165) is 0 Å². The van der Waals surface area contributed by atoms with Crippen LogP contribution < -0.4 is 0 Å². The van der Waals surface area contributed by atoms with E-state index in [2.05, 4.69) is 39.0 Å². The van der Waals surface area contributed by atoms with Gasteiger partial charge in [-0.3, -0.25) is 0 Å². The van der Waals surface area contributed by atoms with E-state index in [9.17, 15) is 0 Å². The fourth-order valence-corrected chi connectivity index (χ4v) is 4.46. The van der Waals surface area contributed by atoms with Gasteiger partial charge in [0.25, 0.3) is 0 Å². The standard InChI is InChI=1S/C20H36S/c1-5-9-13-17-18(14-10-6-2)20(16-12-8-4)21-19(17)15-11-7-3/h5-16H2,1-4H3. The molecule has 1 rings (SSSR count). The van der Waals surface area contributed by atoms with Crippen molar-refractivity contribution in [3.8, 4) is 0 Å². The van der Waals surface area contributed by atoms with E-state index in [4.69, 9.17) is 0 Å². The van der Waals surface area contributed by atoms with Gasteiger partial charge in [-0.2, -0.15) is 0 Å². The largest absolute Gasteiger partial charge is 0.145 e. The minimum Gasteiger partial charge on any atom is -0.145 e. The molecule has 0 amide bonds. The Morgan fingerprint density at radius 1 is 0.524 bits per heavy atom. The van der Waals surface area contributed by atoms with Crippen molar-refractivity contribution < 1.29 is 0 Å². The summed E-state index contributed by atoms with van der Waals surface area (Å²) in [6.07, 6.45) is 16.0. The summed E-state index contributed by atoms with van der Waals surface area (Å²) in [4.78, 5) is 3.48. The summed E-state index contributed by atoms with van der Waals surface area (Å²) >= 11 is 2.17. The third-order valence-corrected chi connectivity index (χ3v) is 5.75. The van der Waals surface area contributed by atoms with Gasteiger partial charge in [0.2, 0.25) is 0 Å². The average Bonchev–Trinajstić information content (AvgIpc) is 2.83. The Hall–Kier alpha value is -0.300. The Kier molecular flexibility index (Phi) is 10.1. The summed E-state index contributed by atoms with van der Waals surface area (Å²) < 4.78 is 0. The molecular formula is C20H36S. The lowest BCUT2D eigenvalue weighted by Crippen LogP contribution is -1.98. The highest BCUT2D eigenvalue weighted by atomic mass is 32.1. The minimum atomic E-state index is 1.32. The van der Waals surface area contributed by atoms with Crippen molar-refractivity contribution in [2.75, 3.05) is 0 Å². The fourth-order valence-electron chi connectivity index (χ4n) is 2.97. The van der Waals surface area contributed by atoms with Crippen molar-refractivity contribution in [1.29, 1.82) is 0 Å². The molecule has 0 nitrogen and oxygen atoms in total. The summed E-state index contributed by atoms with van der Waals surface area (Å²) in [6, 6.07) is 0. The maximum Gasteiger partial charge on any atom is 0.00830 e. The Balaban J connectivity index is 2.99. The number of thiophene rings is 1. The molecule has 0 fully saturated rings. The Morgan fingerprint density at radius 2 is 0.857 bits per heavy atom. The van der Waals surface area contributed by atoms with Gasteiger partial charge in [-0.15, -0.1) is 11.3 Å². The van der Waals surface area contributed by atoms with Crippen molar-refractivity contribution in [3.63, 3.8) is 0 Å². The first-order chi connectivity index (χ1) is 10.3. The number of hydrogen-bond acceptors (Lipinski definition) is 1. The normalized spacial score (nSPS) is 11.2. The maximum atomic E-state index is 2.32. The van der Waals surface area contributed by atoms with E-state index in [1.165, 1.54) is 77.0 Å². The molecule has 0 aromatic carbocycles. The molecule has 0 aliphatic heterocycles. The SMILES string of the molecule is CCCCc1sc(CCCC)c(CCCC)c1CCCC. The van der Waals surface area contributed by atoms with E-state index in [1.54, 1.807) is 20.9 Å². The third-order valence-electron chi connectivity index (χ3n) is 4.36. The lowest BCUT2D eigenvalue weighted by atomic mass is 9.95. The highest BCUT2D eigenvalue weighted by Gasteiger charge is 2.16. The van der Waals surface area contributed by atoms with Crippen molar-refractivity contribution in [2.24, 2.45) is 0 Å². The molecule has 0 N–H and O–H groups in total. The molecule has 1 aromatic heterocycles. The van der Waals surface area contributed by atoms with Crippen LogP contribution >= 0.6 is 11.3 Å². The third kappa shape index (κ3) is 6.14. The molecule has 1 heteroatoms. The Morgan fingerprint density at radius 3 is 1.19 bits per heavy atom. The molecule has 0 aliphatic carbocycles. The van der Waals surface area contributed by atoms with E-state index in [1.807, 2.05) is 0 Å². The average molecular weight is 309 g/mol. The van der Waals surface area contributed by atoms with Gasteiger partial charge in [-0.25, -0.2) is 0 Å². The van der Waals surface area contributed by atoms with Crippen molar-refractivity contribution >= 4 is 11.3 Å². The Bertz CT molecular complexity index is 341. The first kappa shape index (κ1) is 18.7. The van der Waals surface area contributed by atoms with Gasteiger partial charge in [-0.1, -0.05) is 53.4 Å². The van der Waals surface area contributed by atoms with Crippen LogP contribution in [0.15, 0.2) is 0 Å². The van der Waals surface area contributed by atoms with Gasteiger partial charge in [0.1, 0.15) is 0 Å². The van der Waals surface area contributed by atoms with Crippen molar-refractivity contribution in [3.05, 3.63) is 20.9 Å². The molecule has 0 atom stereocenters. The minimum absolute atomic E-state index is 1.32. The van der Waals surface area contributed by atoms with Gasteiger partial charge in [0.15, 0.2) is 0 Å². The van der Waals surface area contributed by atoms with Gasteiger partial charge in [-0.05, 0) is 62.5 Å². The van der Waals surface area contributed by atoms with Crippen LogP contribution in [0.4, 0.5) is 0 Å². The monoisotopic (exact) mass is 308 g/mol. The maximum absolute atomic E-state index is 2.32. The van der Waals surface area contributed by atoms with Crippen molar-refractivity contribution in [2.45, 2.75) is 105 Å². The Labute approximate surface area is 137 Å². The quantitative estimate of drug-likeness (QED) is 0.385. The molecule has 0 aliphatic rings.